The molecular weight excluding hydrogens is 384 g/mol. The van der Waals surface area contributed by atoms with E-state index in [1.165, 1.54) is 11.8 Å². The standard InChI is InChI=1S/C20H15ClN2OS2/c1-23-11-14(16-4-2-3-5-18(16)23)10-17-19(24)26-20(22-17)25-12-13-6-8-15(21)9-7-13/h2-11H,12H2,1H3/b17-10-. The smallest absolute Gasteiger partial charge is 0.244 e. The number of fused-ring (bicyclic) bond motifs is 1. The van der Waals surface area contributed by atoms with Crippen LogP contribution in [0.5, 0.6) is 0 Å². The molecule has 0 fully saturated rings. The van der Waals surface area contributed by atoms with Crippen LogP contribution in [0.4, 0.5) is 0 Å². The zero-order valence-corrected chi connectivity index (χ0v) is 16.4. The Bertz CT molecular complexity index is 1050. The fourth-order valence-electron chi connectivity index (χ4n) is 2.81. The van der Waals surface area contributed by atoms with Crippen molar-refractivity contribution in [1.29, 1.82) is 0 Å². The molecule has 0 radical (unpaired) electrons. The Kier molecular flexibility index (Phi) is 4.94. The Morgan fingerprint density at radius 2 is 1.96 bits per heavy atom. The highest BCUT2D eigenvalue weighted by Crippen LogP contribution is 2.33. The molecule has 0 amide bonds. The Hall–Kier alpha value is -1.95. The second kappa shape index (κ2) is 7.35. The Balaban J connectivity index is 1.55. The van der Waals surface area contributed by atoms with Crippen LogP contribution >= 0.6 is 35.1 Å². The number of aromatic nitrogens is 1. The van der Waals surface area contributed by atoms with Crippen molar-refractivity contribution < 1.29 is 4.79 Å². The first-order chi connectivity index (χ1) is 12.6. The van der Waals surface area contributed by atoms with Gasteiger partial charge in [0.25, 0.3) is 0 Å². The maximum absolute atomic E-state index is 12.3. The molecule has 1 aromatic heterocycles. The fraction of sp³-hybridized carbons (Fsp3) is 0.100. The van der Waals surface area contributed by atoms with Crippen LogP contribution in [-0.2, 0) is 17.6 Å². The molecule has 0 unspecified atom stereocenters. The predicted molar refractivity (Wildman–Crippen MR) is 114 cm³/mol. The zero-order valence-electron chi connectivity index (χ0n) is 14.0. The molecule has 1 aliphatic rings. The summed E-state index contributed by atoms with van der Waals surface area (Å²) in [6.45, 7) is 0. The van der Waals surface area contributed by atoms with Crippen LogP contribution in [0.15, 0.2) is 65.4 Å². The van der Waals surface area contributed by atoms with Crippen molar-refractivity contribution in [3.05, 3.63) is 76.6 Å². The zero-order chi connectivity index (χ0) is 18.1. The highest BCUT2D eigenvalue weighted by Gasteiger charge is 2.23. The van der Waals surface area contributed by atoms with Gasteiger partial charge in [0, 0.05) is 40.5 Å². The van der Waals surface area contributed by atoms with Gasteiger partial charge in [-0.15, -0.1) is 0 Å². The lowest BCUT2D eigenvalue weighted by atomic mass is 10.1. The van der Waals surface area contributed by atoms with E-state index in [-0.39, 0.29) is 5.12 Å². The number of carbonyl (C=O) groups is 1. The summed E-state index contributed by atoms with van der Waals surface area (Å²) in [4.78, 5) is 16.9. The van der Waals surface area contributed by atoms with Crippen molar-refractivity contribution >= 4 is 61.6 Å². The molecule has 4 rings (SSSR count). The summed E-state index contributed by atoms with van der Waals surface area (Å²) in [5.41, 5.74) is 3.81. The number of hydrogen-bond donors (Lipinski definition) is 0. The molecule has 3 aromatic rings. The maximum Gasteiger partial charge on any atom is 0.244 e. The molecule has 0 saturated carbocycles. The molecule has 2 heterocycles. The van der Waals surface area contributed by atoms with Gasteiger partial charge in [0.05, 0.1) is 0 Å². The Morgan fingerprint density at radius 1 is 1.19 bits per heavy atom. The number of carbonyl (C=O) groups excluding carboxylic acids is 1. The minimum atomic E-state index is -0.00320. The number of aryl methyl sites for hydroxylation is 1. The lowest BCUT2D eigenvalue weighted by Gasteiger charge is -1.99. The molecule has 0 bridgehead atoms. The van der Waals surface area contributed by atoms with Crippen molar-refractivity contribution in [3.63, 3.8) is 0 Å². The van der Waals surface area contributed by atoms with Gasteiger partial charge in [-0.25, -0.2) is 4.99 Å². The second-order valence-corrected chi connectivity index (χ2v) is 8.54. The number of halogens is 1. The second-order valence-electron chi connectivity index (χ2n) is 5.92. The maximum atomic E-state index is 12.3. The van der Waals surface area contributed by atoms with E-state index < -0.39 is 0 Å². The molecule has 26 heavy (non-hydrogen) atoms. The van der Waals surface area contributed by atoms with E-state index in [2.05, 4.69) is 21.7 Å². The SMILES string of the molecule is Cn1cc(/C=C2\N=C(SCc3ccc(Cl)cc3)SC2=O)c2ccccc21. The first-order valence-electron chi connectivity index (χ1n) is 8.04. The summed E-state index contributed by atoms with van der Waals surface area (Å²) in [5, 5.41) is 1.84. The summed E-state index contributed by atoms with van der Waals surface area (Å²) in [6, 6.07) is 15.9. The van der Waals surface area contributed by atoms with Crippen LogP contribution in [0, 0.1) is 0 Å². The third kappa shape index (κ3) is 3.61. The van der Waals surface area contributed by atoms with Gasteiger partial charge in [-0.1, -0.05) is 53.7 Å². The fourth-order valence-corrected chi connectivity index (χ4v) is 4.74. The number of para-hydroxylation sites is 1. The van der Waals surface area contributed by atoms with E-state index in [4.69, 9.17) is 11.6 Å². The van der Waals surface area contributed by atoms with Crippen LogP contribution in [-0.4, -0.2) is 14.1 Å². The van der Waals surface area contributed by atoms with E-state index in [9.17, 15) is 4.79 Å². The van der Waals surface area contributed by atoms with E-state index in [0.29, 0.717) is 5.70 Å². The summed E-state index contributed by atoms with van der Waals surface area (Å²) >= 11 is 8.68. The van der Waals surface area contributed by atoms with Crippen LogP contribution in [0.1, 0.15) is 11.1 Å². The topological polar surface area (TPSA) is 34.4 Å². The molecule has 0 spiro atoms. The summed E-state index contributed by atoms with van der Waals surface area (Å²) in [6.07, 6.45) is 3.91. The van der Waals surface area contributed by atoms with Gasteiger partial charge in [0.2, 0.25) is 5.12 Å². The van der Waals surface area contributed by atoms with Gasteiger partial charge < -0.3 is 4.57 Å². The Morgan fingerprint density at radius 3 is 2.77 bits per heavy atom. The van der Waals surface area contributed by atoms with Crippen molar-refractivity contribution in [2.24, 2.45) is 12.0 Å². The normalized spacial score (nSPS) is 15.8. The van der Waals surface area contributed by atoms with E-state index >= 15 is 0 Å². The summed E-state index contributed by atoms with van der Waals surface area (Å²) in [5.74, 6) is 0.762. The molecule has 6 heteroatoms. The molecule has 0 aliphatic carbocycles. The molecule has 0 N–H and O–H groups in total. The third-order valence-electron chi connectivity index (χ3n) is 4.10. The minimum absolute atomic E-state index is 0.00320. The minimum Gasteiger partial charge on any atom is -0.350 e. The quantitative estimate of drug-likeness (QED) is 0.528. The van der Waals surface area contributed by atoms with Crippen LogP contribution in [0.2, 0.25) is 5.02 Å². The van der Waals surface area contributed by atoms with Gasteiger partial charge >= 0.3 is 0 Å². The number of aliphatic imine (C=N–C) groups is 1. The van der Waals surface area contributed by atoms with Gasteiger partial charge in [-0.3, -0.25) is 4.79 Å². The van der Waals surface area contributed by atoms with Crippen molar-refractivity contribution in [1.82, 2.24) is 4.57 Å². The van der Waals surface area contributed by atoms with Gasteiger partial charge in [-0.05, 0) is 41.6 Å². The first-order valence-corrected chi connectivity index (χ1v) is 10.2. The lowest BCUT2D eigenvalue weighted by Crippen LogP contribution is -1.88. The van der Waals surface area contributed by atoms with Gasteiger partial charge in [0.1, 0.15) is 10.1 Å². The summed E-state index contributed by atoms with van der Waals surface area (Å²) < 4.78 is 2.85. The third-order valence-corrected chi connectivity index (χ3v) is 6.43. The van der Waals surface area contributed by atoms with Crippen molar-refractivity contribution in [3.8, 4) is 0 Å². The highest BCUT2D eigenvalue weighted by atomic mass is 35.5. The number of rotatable bonds is 3. The van der Waals surface area contributed by atoms with Crippen LogP contribution < -0.4 is 0 Å². The summed E-state index contributed by atoms with van der Waals surface area (Å²) in [7, 11) is 2.01. The highest BCUT2D eigenvalue weighted by molar-refractivity contribution is 8.45. The number of benzene rings is 2. The molecule has 3 nitrogen and oxygen atoms in total. The Labute approximate surface area is 165 Å². The lowest BCUT2D eigenvalue weighted by molar-refractivity contribution is -0.107. The van der Waals surface area contributed by atoms with Crippen molar-refractivity contribution in [2.75, 3.05) is 0 Å². The van der Waals surface area contributed by atoms with Crippen LogP contribution in [0.25, 0.3) is 17.0 Å². The van der Waals surface area contributed by atoms with Gasteiger partial charge in [0.15, 0.2) is 0 Å². The molecule has 0 saturated heterocycles. The number of nitrogens with zero attached hydrogens (tertiary/aromatic N) is 2. The van der Waals surface area contributed by atoms with Crippen molar-refractivity contribution in [2.45, 2.75) is 5.75 Å². The largest absolute Gasteiger partial charge is 0.350 e. The molecule has 2 aromatic carbocycles. The van der Waals surface area contributed by atoms with E-state index in [1.807, 2.05) is 55.7 Å². The average molecular weight is 399 g/mol. The van der Waals surface area contributed by atoms with Crippen LogP contribution in [0.3, 0.4) is 0 Å². The number of thioether (sulfide) groups is 2. The van der Waals surface area contributed by atoms with E-state index in [0.717, 1.165) is 37.2 Å². The molecule has 130 valence electrons. The first kappa shape index (κ1) is 17.5. The average Bonchev–Trinajstić information content (AvgIpc) is 3.15. The predicted octanol–water partition coefficient (Wildman–Crippen LogP) is 5.74. The molecule has 1 aliphatic heterocycles. The van der Waals surface area contributed by atoms with E-state index in [1.54, 1.807) is 11.8 Å². The molecule has 0 atom stereocenters. The monoisotopic (exact) mass is 398 g/mol. The van der Waals surface area contributed by atoms with Gasteiger partial charge in [-0.2, -0.15) is 0 Å². The number of hydrogen-bond acceptors (Lipinski definition) is 4. The molecular formula is C20H15ClN2OS2.